The Hall–Kier alpha value is -2.99. The van der Waals surface area contributed by atoms with Crippen LogP contribution in [0, 0.1) is 19.8 Å². The number of rotatable bonds is 5. The van der Waals surface area contributed by atoms with E-state index < -0.39 is 27.7 Å². The summed E-state index contributed by atoms with van der Waals surface area (Å²) in [6, 6.07) is 7.32. The second kappa shape index (κ2) is 8.99. The third-order valence-corrected chi connectivity index (χ3v) is 8.05. The van der Waals surface area contributed by atoms with Crippen LogP contribution in [-0.2, 0) is 27.5 Å². The molecule has 3 heterocycles. The highest BCUT2D eigenvalue weighted by Crippen LogP contribution is 2.29. The number of sulfonamides is 1. The van der Waals surface area contributed by atoms with Crippen molar-refractivity contribution in [2.75, 3.05) is 13.1 Å². The third-order valence-electron chi connectivity index (χ3n) is 5.99. The number of nitrogens with one attached hydrogen (secondary N) is 1. The molecular formula is C22H24F3N5O3S. The number of halogens is 3. The van der Waals surface area contributed by atoms with Crippen LogP contribution in [0.25, 0.3) is 5.65 Å². The molecule has 0 unspecified atom stereocenters. The minimum Gasteiger partial charge on any atom is -0.349 e. The number of aromatic nitrogens is 3. The Kier molecular flexibility index (Phi) is 6.38. The van der Waals surface area contributed by atoms with Crippen LogP contribution >= 0.6 is 0 Å². The smallest absolute Gasteiger partial charge is 0.349 e. The number of nitrogens with zero attached hydrogens (tertiary/aromatic N) is 4. The number of amides is 1. The molecule has 3 aromatic rings. The lowest BCUT2D eigenvalue weighted by Gasteiger charge is -2.31. The van der Waals surface area contributed by atoms with Gasteiger partial charge in [-0.1, -0.05) is 17.7 Å². The lowest BCUT2D eigenvalue weighted by atomic mass is 9.97. The zero-order valence-corrected chi connectivity index (χ0v) is 19.4. The van der Waals surface area contributed by atoms with Gasteiger partial charge in [0.15, 0.2) is 11.5 Å². The van der Waals surface area contributed by atoms with Gasteiger partial charge in [-0.25, -0.2) is 8.42 Å². The number of benzene rings is 1. The molecule has 182 valence electrons. The molecule has 0 spiro atoms. The Balaban J connectivity index is 1.38. The Morgan fingerprint density at radius 1 is 1.12 bits per heavy atom. The molecule has 1 aliphatic rings. The molecule has 1 aliphatic heterocycles. The third kappa shape index (κ3) is 4.78. The number of carbonyl (C=O) groups excluding carboxylic acids is 1. The van der Waals surface area contributed by atoms with Crippen LogP contribution in [0.4, 0.5) is 13.2 Å². The Morgan fingerprint density at radius 2 is 1.82 bits per heavy atom. The molecule has 0 aliphatic carbocycles. The summed E-state index contributed by atoms with van der Waals surface area (Å²) < 4.78 is 67.6. The Labute approximate surface area is 194 Å². The molecule has 8 nitrogen and oxygen atoms in total. The van der Waals surface area contributed by atoms with E-state index in [9.17, 15) is 26.4 Å². The normalized spacial score (nSPS) is 16.1. The van der Waals surface area contributed by atoms with Crippen LogP contribution in [-0.4, -0.2) is 46.3 Å². The number of aryl methyl sites for hydroxylation is 2. The molecule has 1 amide bonds. The van der Waals surface area contributed by atoms with Crippen LogP contribution < -0.4 is 5.32 Å². The van der Waals surface area contributed by atoms with Gasteiger partial charge in [0.05, 0.1) is 17.0 Å². The van der Waals surface area contributed by atoms with Crippen molar-refractivity contribution in [1.82, 2.24) is 24.2 Å². The van der Waals surface area contributed by atoms with E-state index in [0.717, 1.165) is 17.8 Å². The van der Waals surface area contributed by atoms with Crippen molar-refractivity contribution in [3.05, 3.63) is 59.0 Å². The predicted octanol–water partition coefficient (Wildman–Crippen LogP) is 3.08. The Morgan fingerprint density at radius 3 is 2.47 bits per heavy atom. The average molecular weight is 496 g/mol. The van der Waals surface area contributed by atoms with Gasteiger partial charge in [0, 0.05) is 25.2 Å². The molecule has 2 aromatic heterocycles. The number of fused-ring (bicyclic) bond motifs is 1. The number of carbonyl (C=O) groups is 1. The molecule has 0 saturated carbocycles. The highest BCUT2D eigenvalue weighted by molar-refractivity contribution is 7.89. The molecule has 12 heteroatoms. The second-order valence-electron chi connectivity index (χ2n) is 8.43. The maximum absolute atomic E-state index is 13.0. The lowest BCUT2D eigenvalue weighted by molar-refractivity contribution is -0.138. The fourth-order valence-corrected chi connectivity index (χ4v) is 5.80. The van der Waals surface area contributed by atoms with E-state index in [4.69, 9.17) is 0 Å². The first-order valence-corrected chi connectivity index (χ1v) is 12.2. The fourth-order valence-electron chi connectivity index (χ4n) is 4.12. The van der Waals surface area contributed by atoms with Crippen LogP contribution in [0.3, 0.4) is 0 Å². The fraction of sp³-hybridized carbons (Fsp3) is 0.409. The molecule has 4 rings (SSSR count). The van der Waals surface area contributed by atoms with Gasteiger partial charge in [-0.2, -0.15) is 17.5 Å². The van der Waals surface area contributed by atoms with Crippen molar-refractivity contribution in [2.24, 2.45) is 5.92 Å². The topological polar surface area (TPSA) is 96.7 Å². The summed E-state index contributed by atoms with van der Waals surface area (Å²) in [7, 11) is -3.66. The SMILES string of the molecule is Cc1ccc(S(=O)(=O)N2CCC(C(=O)NCc3nnc4ccc(C(F)(F)F)cn34)CC2)c(C)c1. The first kappa shape index (κ1) is 24.1. The largest absolute Gasteiger partial charge is 0.417 e. The first-order chi connectivity index (χ1) is 16.0. The summed E-state index contributed by atoms with van der Waals surface area (Å²) in [4.78, 5) is 12.9. The zero-order valence-electron chi connectivity index (χ0n) is 18.6. The highest BCUT2D eigenvalue weighted by atomic mass is 32.2. The van der Waals surface area contributed by atoms with Gasteiger partial charge in [-0.15, -0.1) is 10.2 Å². The summed E-state index contributed by atoms with van der Waals surface area (Å²) in [5, 5.41) is 10.4. The molecule has 0 radical (unpaired) electrons. The quantitative estimate of drug-likeness (QED) is 0.587. The molecule has 0 bridgehead atoms. The van der Waals surface area contributed by atoms with Gasteiger partial charge in [-0.05, 0) is 50.5 Å². The van der Waals surface area contributed by atoms with Gasteiger partial charge in [0.2, 0.25) is 15.9 Å². The van der Waals surface area contributed by atoms with E-state index in [1.807, 2.05) is 13.0 Å². The summed E-state index contributed by atoms with van der Waals surface area (Å²) in [6.45, 7) is 3.96. The van der Waals surface area contributed by atoms with Crippen molar-refractivity contribution in [3.8, 4) is 0 Å². The zero-order chi connectivity index (χ0) is 24.7. The van der Waals surface area contributed by atoms with Crippen molar-refractivity contribution < 1.29 is 26.4 Å². The molecule has 1 saturated heterocycles. The van der Waals surface area contributed by atoms with Crippen molar-refractivity contribution >= 4 is 21.6 Å². The van der Waals surface area contributed by atoms with Crippen molar-refractivity contribution in [1.29, 1.82) is 0 Å². The van der Waals surface area contributed by atoms with Gasteiger partial charge in [-0.3, -0.25) is 9.20 Å². The molecule has 34 heavy (non-hydrogen) atoms. The first-order valence-electron chi connectivity index (χ1n) is 10.7. The summed E-state index contributed by atoms with van der Waals surface area (Å²) in [5.41, 5.74) is 1.04. The van der Waals surface area contributed by atoms with Gasteiger partial charge >= 0.3 is 6.18 Å². The average Bonchev–Trinajstić information content (AvgIpc) is 3.19. The number of alkyl halides is 3. The predicted molar refractivity (Wildman–Crippen MR) is 117 cm³/mol. The minimum atomic E-state index is -4.51. The van der Waals surface area contributed by atoms with E-state index >= 15 is 0 Å². The molecular weight excluding hydrogens is 471 g/mol. The van der Waals surface area contributed by atoms with E-state index in [-0.39, 0.29) is 41.9 Å². The van der Waals surface area contributed by atoms with Crippen LogP contribution in [0.1, 0.15) is 35.4 Å². The van der Waals surface area contributed by atoms with Crippen LogP contribution in [0.5, 0.6) is 0 Å². The highest BCUT2D eigenvalue weighted by Gasteiger charge is 2.33. The van der Waals surface area contributed by atoms with Gasteiger partial charge in [0.1, 0.15) is 0 Å². The molecule has 1 N–H and O–H groups in total. The standard InChI is InChI=1S/C22H24F3N5O3S/c1-14-3-5-18(15(2)11-14)34(32,33)29-9-7-16(8-10-29)21(31)26-12-20-28-27-19-6-4-17(13-30(19)20)22(23,24)25/h3-6,11,13,16H,7-10,12H2,1-2H3,(H,26,31). The maximum atomic E-state index is 13.0. The maximum Gasteiger partial charge on any atom is 0.417 e. The summed E-state index contributed by atoms with van der Waals surface area (Å²) >= 11 is 0. The van der Waals surface area contributed by atoms with Crippen molar-refractivity contribution in [2.45, 2.75) is 44.3 Å². The van der Waals surface area contributed by atoms with Crippen LogP contribution in [0.15, 0.2) is 41.4 Å². The number of pyridine rings is 1. The van der Waals surface area contributed by atoms with Gasteiger partial charge in [0.25, 0.3) is 0 Å². The van der Waals surface area contributed by atoms with E-state index in [2.05, 4.69) is 15.5 Å². The summed E-state index contributed by atoms with van der Waals surface area (Å²) in [6.07, 6.45) is -2.93. The summed E-state index contributed by atoms with van der Waals surface area (Å²) in [5.74, 6) is -0.535. The number of hydrogen-bond acceptors (Lipinski definition) is 5. The minimum absolute atomic E-state index is 0.0949. The van der Waals surface area contributed by atoms with Crippen LogP contribution in [0.2, 0.25) is 0 Å². The molecule has 0 atom stereocenters. The number of hydrogen-bond donors (Lipinski definition) is 1. The molecule has 1 aromatic carbocycles. The van der Waals surface area contributed by atoms with E-state index in [1.165, 1.54) is 14.8 Å². The van der Waals surface area contributed by atoms with E-state index in [0.29, 0.717) is 18.4 Å². The van der Waals surface area contributed by atoms with Crippen molar-refractivity contribution in [3.63, 3.8) is 0 Å². The second-order valence-corrected chi connectivity index (χ2v) is 10.3. The molecule has 1 fully saturated rings. The number of piperidine rings is 1. The Bertz CT molecular complexity index is 1330. The lowest BCUT2D eigenvalue weighted by Crippen LogP contribution is -2.43. The monoisotopic (exact) mass is 495 g/mol. The van der Waals surface area contributed by atoms with Gasteiger partial charge < -0.3 is 5.32 Å². The van der Waals surface area contributed by atoms with E-state index in [1.54, 1.807) is 19.1 Å².